The number of rotatable bonds is 2. The number of hydrogen-bond donors (Lipinski definition) is 0. The van der Waals surface area contributed by atoms with Gasteiger partial charge in [0.05, 0.1) is 11.4 Å². The SMILES string of the molecule is CC.CCc1nn2c(c1C)CN(C(C)C)CCC2. The first-order valence-electron chi connectivity index (χ1n) is 7.42. The minimum Gasteiger partial charge on any atom is -0.295 e. The van der Waals surface area contributed by atoms with Gasteiger partial charge < -0.3 is 0 Å². The van der Waals surface area contributed by atoms with E-state index in [9.17, 15) is 0 Å². The fraction of sp³-hybridized carbons (Fsp3) is 0.800. The first kappa shape index (κ1) is 15.2. The second-order valence-corrected chi connectivity index (χ2v) is 5.01. The summed E-state index contributed by atoms with van der Waals surface area (Å²) in [5, 5.41) is 4.71. The molecular weight excluding hydrogens is 222 g/mol. The van der Waals surface area contributed by atoms with Gasteiger partial charge in [0.15, 0.2) is 0 Å². The summed E-state index contributed by atoms with van der Waals surface area (Å²) in [6.07, 6.45) is 2.27. The quantitative estimate of drug-likeness (QED) is 0.803. The molecule has 18 heavy (non-hydrogen) atoms. The van der Waals surface area contributed by atoms with Crippen LogP contribution >= 0.6 is 0 Å². The van der Waals surface area contributed by atoms with Crippen molar-refractivity contribution >= 4 is 0 Å². The highest BCUT2D eigenvalue weighted by Crippen LogP contribution is 2.20. The summed E-state index contributed by atoms with van der Waals surface area (Å²) in [6.45, 7) is 16.3. The number of aromatic nitrogens is 2. The number of fused-ring (bicyclic) bond motifs is 1. The highest BCUT2D eigenvalue weighted by atomic mass is 15.3. The smallest absolute Gasteiger partial charge is 0.0654 e. The maximum Gasteiger partial charge on any atom is 0.0654 e. The number of aryl methyl sites for hydroxylation is 2. The third-order valence-electron chi connectivity index (χ3n) is 3.65. The second-order valence-electron chi connectivity index (χ2n) is 5.01. The average molecular weight is 251 g/mol. The van der Waals surface area contributed by atoms with Crippen LogP contribution in [0.15, 0.2) is 0 Å². The molecule has 1 aromatic heterocycles. The zero-order valence-electron chi connectivity index (χ0n) is 13.0. The predicted octanol–water partition coefficient (Wildman–Crippen LogP) is 3.39. The van der Waals surface area contributed by atoms with Gasteiger partial charge in [-0.25, -0.2) is 0 Å². The fourth-order valence-electron chi connectivity index (χ4n) is 2.50. The fourth-order valence-corrected chi connectivity index (χ4v) is 2.50. The Morgan fingerprint density at radius 2 is 1.89 bits per heavy atom. The van der Waals surface area contributed by atoms with E-state index < -0.39 is 0 Å². The van der Waals surface area contributed by atoms with Crippen molar-refractivity contribution < 1.29 is 0 Å². The van der Waals surface area contributed by atoms with E-state index in [1.165, 1.54) is 29.9 Å². The average Bonchev–Trinajstić information content (AvgIpc) is 2.56. The van der Waals surface area contributed by atoms with E-state index in [1.807, 2.05) is 13.8 Å². The molecule has 0 fully saturated rings. The van der Waals surface area contributed by atoms with Gasteiger partial charge in [-0.05, 0) is 39.2 Å². The monoisotopic (exact) mass is 251 g/mol. The Labute approximate surface area is 112 Å². The number of hydrogen-bond acceptors (Lipinski definition) is 2. The molecule has 3 heteroatoms. The largest absolute Gasteiger partial charge is 0.295 e. The van der Waals surface area contributed by atoms with Crippen molar-refractivity contribution in [3.05, 3.63) is 17.0 Å². The zero-order valence-corrected chi connectivity index (χ0v) is 13.0. The van der Waals surface area contributed by atoms with Crippen molar-refractivity contribution in [2.75, 3.05) is 6.54 Å². The van der Waals surface area contributed by atoms with Gasteiger partial charge in [-0.2, -0.15) is 5.10 Å². The first-order valence-corrected chi connectivity index (χ1v) is 7.42. The molecule has 0 unspecified atom stereocenters. The summed E-state index contributed by atoms with van der Waals surface area (Å²) in [7, 11) is 0. The van der Waals surface area contributed by atoms with E-state index in [0.29, 0.717) is 6.04 Å². The Morgan fingerprint density at radius 3 is 2.44 bits per heavy atom. The van der Waals surface area contributed by atoms with Crippen LogP contribution in [0.2, 0.25) is 0 Å². The van der Waals surface area contributed by atoms with E-state index in [4.69, 9.17) is 5.10 Å². The Kier molecular flexibility index (Phi) is 5.86. The first-order chi connectivity index (χ1) is 8.63. The summed E-state index contributed by atoms with van der Waals surface area (Å²) in [4.78, 5) is 2.55. The van der Waals surface area contributed by atoms with Gasteiger partial charge in [0.25, 0.3) is 0 Å². The van der Waals surface area contributed by atoms with Crippen LogP contribution in [0.5, 0.6) is 0 Å². The maximum absolute atomic E-state index is 4.71. The van der Waals surface area contributed by atoms with Crippen LogP contribution < -0.4 is 0 Å². The van der Waals surface area contributed by atoms with Crippen molar-refractivity contribution in [2.24, 2.45) is 0 Å². The Morgan fingerprint density at radius 1 is 1.22 bits per heavy atom. The molecule has 0 amide bonds. The van der Waals surface area contributed by atoms with Gasteiger partial charge >= 0.3 is 0 Å². The van der Waals surface area contributed by atoms with Crippen LogP contribution in [0.3, 0.4) is 0 Å². The van der Waals surface area contributed by atoms with Crippen molar-refractivity contribution in [3.63, 3.8) is 0 Å². The van der Waals surface area contributed by atoms with E-state index in [0.717, 1.165) is 19.5 Å². The minimum absolute atomic E-state index is 0.630. The molecular formula is C15H29N3. The Balaban J connectivity index is 0.000000771. The van der Waals surface area contributed by atoms with Gasteiger partial charge in [0.1, 0.15) is 0 Å². The van der Waals surface area contributed by atoms with Crippen molar-refractivity contribution in [3.8, 4) is 0 Å². The minimum atomic E-state index is 0.630. The topological polar surface area (TPSA) is 21.1 Å². The summed E-state index contributed by atoms with van der Waals surface area (Å²) in [6, 6.07) is 0.630. The van der Waals surface area contributed by atoms with E-state index >= 15 is 0 Å². The predicted molar refractivity (Wildman–Crippen MR) is 77.9 cm³/mol. The molecule has 0 aromatic carbocycles. The highest BCUT2D eigenvalue weighted by molar-refractivity contribution is 5.25. The molecule has 0 radical (unpaired) electrons. The van der Waals surface area contributed by atoms with Crippen LogP contribution in [-0.4, -0.2) is 27.3 Å². The third-order valence-corrected chi connectivity index (χ3v) is 3.65. The lowest BCUT2D eigenvalue weighted by atomic mass is 10.1. The lowest BCUT2D eigenvalue weighted by molar-refractivity contribution is 0.216. The molecule has 0 aliphatic carbocycles. The molecule has 1 aliphatic heterocycles. The van der Waals surface area contributed by atoms with Crippen LogP contribution in [-0.2, 0) is 19.5 Å². The van der Waals surface area contributed by atoms with Crippen LogP contribution in [0, 0.1) is 6.92 Å². The van der Waals surface area contributed by atoms with Crippen LogP contribution in [0.1, 0.15) is 58.0 Å². The van der Waals surface area contributed by atoms with E-state index in [2.05, 4.69) is 37.3 Å². The van der Waals surface area contributed by atoms with Crippen LogP contribution in [0.4, 0.5) is 0 Å². The van der Waals surface area contributed by atoms with E-state index in [1.54, 1.807) is 0 Å². The summed E-state index contributed by atoms with van der Waals surface area (Å²) in [5.41, 5.74) is 4.12. The standard InChI is InChI=1S/C13H23N3.C2H6/c1-5-12-11(4)13-9-15(10(2)3)7-6-8-16(13)14-12;1-2/h10H,5-9H2,1-4H3;1-2H3. The summed E-state index contributed by atoms with van der Waals surface area (Å²) in [5.74, 6) is 0. The molecule has 0 N–H and O–H groups in total. The third kappa shape index (κ3) is 3.14. The molecule has 2 rings (SSSR count). The zero-order chi connectivity index (χ0) is 13.7. The van der Waals surface area contributed by atoms with Crippen molar-refractivity contribution in [2.45, 2.75) is 73.5 Å². The molecule has 0 bridgehead atoms. The normalized spacial score (nSPS) is 15.9. The van der Waals surface area contributed by atoms with Crippen molar-refractivity contribution in [1.29, 1.82) is 0 Å². The summed E-state index contributed by atoms with van der Waals surface area (Å²) >= 11 is 0. The van der Waals surface area contributed by atoms with Gasteiger partial charge in [0.2, 0.25) is 0 Å². The molecule has 2 heterocycles. The maximum atomic E-state index is 4.71. The Hall–Kier alpha value is -0.830. The highest BCUT2D eigenvalue weighted by Gasteiger charge is 2.20. The number of nitrogens with zero attached hydrogens (tertiary/aromatic N) is 3. The van der Waals surface area contributed by atoms with Gasteiger partial charge in [0, 0.05) is 25.7 Å². The molecule has 1 aromatic rings. The summed E-state index contributed by atoms with van der Waals surface area (Å²) < 4.78 is 2.23. The van der Waals surface area contributed by atoms with E-state index in [-0.39, 0.29) is 0 Å². The molecule has 104 valence electrons. The van der Waals surface area contributed by atoms with Crippen LogP contribution in [0.25, 0.3) is 0 Å². The van der Waals surface area contributed by atoms with Gasteiger partial charge in [-0.1, -0.05) is 20.8 Å². The lowest BCUT2D eigenvalue weighted by Gasteiger charge is -2.24. The molecule has 0 atom stereocenters. The molecule has 1 aliphatic rings. The Bertz CT molecular complexity index is 366. The lowest BCUT2D eigenvalue weighted by Crippen LogP contribution is -2.30. The van der Waals surface area contributed by atoms with Gasteiger partial charge in [-0.3, -0.25) is 9.58 Å². The molecule has 0 saturated heterocycles. The van der Waals surface area contributed by atoms with Crippen molar-refractivity contribution in [1.82, 2.24) is 14.7 Å². The molecule has 0 saturated carbocycles. The second kappa shape index (κ2) is 6.93. The molecule has 0 spiro atoms. The van der Waals surface area contributed by atoms with Gasteiger partial charge in [-0.15, -0.1) is 0 Å². The molecule has 3 nitrogen and oxygen atoms in total.